The first-order valence-corrected chi connectivity index (χ1v) is 13.7. The van der Waals surface area contributed by atoms with Crippen LogP contribution in [-0.2, 0) is 19.1 Å². The highest BCUT2D eigenvalue weighted by atomic mass is 16.6. The number of rotatable bonds is 19. The molecule has 8 nitrogen and oxygen atoms in total. The van der Waals surface area contributed by atoms with Crippen molar-refractivity contribution < 1.29 is 39.9 Å². The van der Waals surface area contributed by atoms with Gasteiger partial charge >= 0.3 is 11.9 Å². The van der Waals surface area contributed by atoms with Gasteiger partial charge in [-0.15, -0.1) is 0 Å². The molecule has 1 aliphatic rings. The van der Waals surface area contributed by atoms with Crippen LogP contribution in [0.25, 0.3) is 0 Å². The van der Waals surface area contributed by atoms with Crippen LogP contribution in [0.4, 0.5) is 0 Å². The molecule has 1 aliphatic heterocycles. The zero-order chi connectivity index (χ0) is 26.4. The summed E-state index contributed by atoms with van der Waals surface area (Å²) < 4.78 is 9.67. The van der Waals surface area contributed by atoms with Crippen LogP contribution < -0.4 is 0 Å². The Labute approximate surface area is 217 Å². The molecule has 0 aliphatic carbocycles. The smallest absolute Gasteiger partial charge is 0.377 e. The van der Waals surface area contributed by atoms with Crippen LogP contribution in [0.3, 0.4) is 0 Å². The molecule has 3 unspecified atom stereocenters. The van der Waals surface area contributed by atoms with Gasteiger partial charge in [-0.2, -0.15) is 0 Å². The molecular weight excluding hydrogens is 464 g/mol. The fourth-order valence-electron chi connectivity index (χ4n) is 4.60. The van der Waals surface area contributed by atoms with Crippen LogP contribution in [0.1, 0.15) is 112 Å². The van der Waals surface area contributed by atoms with Gasteiger partial charge in [0, 0.05) is 6.42 Å². The molecule has 36 heavy (non-hydrogen) atoms. The first-order chi connectivity index (χ1) is 16.5. The Morgan fingerprint density at radius 3 is 1.69 bits per heavy atom. The van der Waals surface area contributed by atoms with E-state index in [1.165, 1.54) is 51.4 Å². The summed E-state index contributed by atoms with van der Waals surface area (Å²) in [6, 6.07) is 0. The van der Waals surface area contributed by atoms with Crippen LogP contribution >= 0.6 is 0 Å². The number of carbonyl (C=O) groups is 2. The minimum atomic E-state index is -1.43. The SMILES string of the molecule is CC(C)CCCC(C)CCCC(C)CCCC(C)CCCC(=O)OC[C@H](O)[C@H]1OC(=O)C(O)=C1O.O. The predicted octanol–water partition coefficient (Wildman–Crippen LogP) is 5.56. The third-order valence-electron chi connectivity index (χ3n) is 7.05. The van der Waals surface area contributed by atoms with Gasteiger partial charge in [0.2, 0.25) is 5.76 Å². The van der Waals surface area contributed by atoms with Gasteiger partial charge in [-0.05, 0) is 30.1 Å². The van der Waals surface area contributed by atoms with E-state index in [4.69, 9.17) is 4.74 Å². The number of cyclic esters (lactones) is 1. The molecule has 0 aromatic carbocycles. The summed E-state index contributed by atoms with van der Waals surface area (Å²) in [6.07, 6.45) is 10.8. The van der Waals surface area contributed by atoms with Crippen molar-refractivity contribution in [1.82, 2.24) is 0 Å². The Balaban J connectivity index is 0.0000122. The molecule has 0 bridgehead atoms. The number of ether oxygens (including phenoxy) is 2. The molecule has 0 saturated heterocycles. The van der Waals surface area contributed by atoms with Gasteiger partial charge in [0.25, 0.3) is 0 Å². The van der Waals surface area contributed by atoms with Crippen LogP contribution in [-0.4, -0.2) is 51.5 Å². The highest BCUT2D eigenvalue weighted by Crippen LogP contribution is 2.24. The maximum Gasteiger partial charge on any atom is 0.377 e. The molecular formula is C28H52O8. The third kappa shape index (κ3) is 14.1. The lowest BCUT2D eigenvalue weighted by Crippen LogP contribution is -2.33. The number of esters is 2. The van der Waals surface area contributed by atoms with Gasteiger partial charge < -0.3 is 30.3 Å². The lowest BCUT2D eigenvalue weighted by molar-refractivity contribution is -0.154. The molecule has 0 amide bonds. The number of carbonyl (C=O) groups excluding carboxylic acids is 2. The Morgan fingerprint density at radius 1 is 0.833 bits per heavy atom. The van der Waals surface area contributed by atoms with E-state index < -0.39 is 42.3 Å². The van der Waals surface area contributed by atoms with Crippen molar-refractivity contribution in [2.75, 3.05) is 6.61 Å². The molecule has 0 aromatic heterocycles. The second-order valence-corrected chi connectivity index (χ2v) is 11.2. The summed E-state index contributed by atoms with van der Waals surface area (Å²) in [5, 5.41) is 28.8. The fraction of sp³-hybridized carbons (Fsp3) is 0.857. The molecule has 0 aromatic rings. The van der Waals surface area contributed by atoms with E-state index in [0.717, 1.165) is 30.6 Å². The number of hydrogen-bond donors (Lipinski definition) is 3. The van der Waals surface area contributed by atoms with E-state index in [1.54, 1.807) is 0 Å². The first kappa shape index (κ1) is 34.2. The first-order valence-electron chi connectivity index (χ1n) is 13.7. The minimum absolute atomic E-state index is 0. The van der Waals surface area contributed by atoms with E-state index in [-0.39, 0.29) is 11.9 Å². The molecule has 1 heterocycles. The molecule has 1 rings (SSSR count). The normalized spacial score (nSPS) is 19.0. The maximum absolute atomic E-state index is 11.9. The van der Waals surface area contributed by atoms with Crippen molar-refractivity contribution >= 4 is 11.9 Å². The van der Waals surface area contributed by atoms with Gasteiger partial charge in [-0.25, -0.2) is 4.79 Å². The van der Waals surface area contributed by atoms with E-state index in [9.17, 15) is 24.9 Å². The standard InChI is InChI=1S/C28H50O7.H2O/c1-19(2)10-6-11-20(3)12-7-13-21(4)14-8-15-22(5)16-9-17-24(30)34-18-23(29)27-25(31)26(32)28(33)35-27;/h19-23,27,29,31-32H,6-18H2,1-5H3;1H2/t20?,21?,22?,23-,27+;/m0./s1. The zero-order valence-corrected chi connectivity index (χ0v) is 23.1. The average molecular weight is 517 g/mol. The molecule has 0 fully saturated rings. The molecule has 0 saturated carbocycles. The molecule has 212 valence electrons. The number of hydrogen-bond acceptors (Lipinski definition) is 7. The van der Waals surface area contributed by atoms with Gasteiger partial charge in [-0.3, -0.25) is 4.79 Å². The van der Waals surface area contributed by atoms with E-state index in [0.29, 0.717) is 12.3 Å². The second kappa shape index (κ2) is 18.4. The van der Waals surface area contributed by atoms with Crippen molar-refractivity contribution in [1.29, 1.82) is 0 Å². The van der Waals surface area contributed by atoms with Gasteiger partial charge in [0.05, 0.1) is 0 Å². The number of aliphatic hydroxyl groups is 3. The van der Waals surface area contributed by atoms with Gasteiger partial charge in [0.1, 0.15) is 12.7 Å². The van der Waals surface area contributed by atoms with E-state index in [2.05, 4.69) is 39.4 Å². The average Bonchev–Trinajstić information content (AvgIpc) is 3.04. The monoisotopic (exact) mass is 516 g/mol. The summed E-state index contributed by atoms with van der Waals surface area (Å²) in [5.74, 6) is -0.253. The summed E-state index contributed by atoms with van der Waals surface area (Å²) in [4.78, 5) is 23.1. The predicted molar refractivity (Wildman–Crippen MR) is 140 cm³/mol. The Bertz CT molecular complexity index is 660. The highest BCUT2D eigenvalue weighted by molar-refractivity contribution is 5.89. The summed E-state index contributed by atoms with van der Waals surface area (Å²) in [7, 11) is 0. The Morgan fingerprint density at radius 2 is 1.28 bits per heavy atom. The van der Waals surface area contributed by atoms with Crippen molar-refractivity contribution in [3.05, 3.63) is 11.5 Å². The lowest BCUT2D eigenvalue weighted by atomic mass is 9.90. The van der Waals surface area contributed by atoms with Crippen LogP contribution in [0.5, 0.6) is 0 Å². The molecule has 5 atom stereocenters. The van der Waals surface area contributed by atoms with E-state index >= 15 is 0 Å². The second-order valence-electron chi connectivity index (χ2n) is 11.2. The Hall–Kier alpha value is -1.80. The molecule has 0 spiro atoms. The number of aliphatic hydroxyl groups excluding tert-OH is 3. The van der Waals surface area contributed by atoms with Crippen LogP contribution in [0.15, 0.2) is 11.5 Å². The summed E-state index contributed by atoms with van der Waals surface area (Å²) in [6.45, 7) is 11.2. The maximum atomic E-state index is 11.9. The highest BCUT2D eigenvalue weighted by Gasteiger charge is 2.39. The van der Waals surface area contributed by atoms with Gasteiger partial charge in [-0.1, -0.05) is 98.8 Å². The third-order valence-corrected chi connectivity index (χ3v) is 7.05. The fourth-order valence-corrected chi connectivity index (χ4v) is 4.60. The topological polar surface area (TPSA) is 145 Å². The molecule has 5 N–H and O–H groups in total. The minimum Gasteiger partial charge on any atom is -0.505 e. The van der Waals surface area contributed by atoms with Crippen LogP contribution in [0.2, 0.25) is 0 Å². The lowest BCUT2D eigenvalue weighted by Gasteiger charge is -2.17. The largest absolute Gasteiger partial charge is 0.505 e. The summed E-state index contributed by atoms with van der Waals surface area (Å²) >= 11 is 0. The van der Waals surface area contributed by atoms with Crippen LogP contribution in [0, 0.1) is 23.7 Å². The quantitative estimate of drug-likeness (QED) is 0.190. The molecule has 0 radical (unpaired) electrons. The summed E-state index contributed by atoms with van der Waals surface area (Å²) in [5.41, 5.74) is 0. The van der Waals surface area contributed by atoms with Crippen molar-refractivity contribution in [3.8, 4) is 0 Å². The van der Waals surface area contributed by atoms with Crippen molar-refractivity contribution in [3.63, 3.8) is 0 Å². The van der Waals surface area contributed by atoms with E-state index in [1.807, 2.05) is 0 Å². The zero-order valence-electron chi connectivity index (χ0n) is 23.1. The van der Waals surface area contributed by atoms with Gasteiger partial charge in [0.15, 0.2) is 11.9 Å². The molecule has 8 heteroatoms. The van der Waals surface area contributed by atoms with Crippen molar-refractivity contribution in [2.45, 2.75) is 124 Å². The van der Waals surface area contributed by atoms with Crippen molar-refractivity contribution in [2.24, 2.45) is 23.7 Å². The Kier molecular flexibility index (Phi) is 17.5.